The second kappa shape index (κ2) is 4.64. The monoisotopic (exact) mass is 205 g/mol. The Bertz CT molecular complexity index is 385. The molecule has 3 heteroatoms. The Hall–Kier alpha value is -1.77. The van der Waals surface area contributed by atoms with Crippen molar-refractivity contribution in [3.8, 4) is 5.75 Å². The van der Waals surface area contributed by atoms with Crippen LogP contribution in [0.4, 0.5) is 0 Å². The van der Waals surface area contributed by atoms with Crippen molar-refractivity contribution in [2.45, 2.75) is 6.92 Å². The van der Waals surface area contributed by atoms with E-state index >= 15 is 0 Å². The van der Waals surface area contributed by atoms with E-state index in [1.54, 1.807) is 37.1 Å². The molecule has 0 radical (unpaired) electrons. The van der Waals surface area contributed by atoms with Gasteiger partial charge in [0.15, 0.2) is 0 Å². The zero-order valence-electron chi connectivity index (χ0n) is 9.03. The van der Waals surface area contributed by atoms with Gasteiger partial charge in [0.05, 0.1) is 0 Å². The molecule has 3 nitrogen and oxygen atoms in total. The van der Waals surface area contributed by atoms with Crippen LogP contribution >= 0.6 is 0 Å². The zero-order valence-corrected chi connectivity index (χ0v) is 9.03. The van der Waals surface area contributed by atoms with Gasteiger partial charge in [-0.25, -0.2) is 0 Å². The van der Waals surface area contributed by atoms with E-state index in [0.717, 1.165) is 0 Å². The van der Waals surface area contributed by atoms with Gasteiger partial charge in [-0.15, -0.1) is 6.58 Å². The molecule has 1 rings (SSSR count). The average molecular weight is 205 g/mol. The van der Waals surface area contributed by atoms with Crippen molar-refractivity contribution in [2.75, 3.05) is 13.6 Å². The van der Waals surface area contributed by atoms with Gasteiger partial charge < -0.3 is 10.0 Å². The molecule has 0 spiro atoms. The van der Waals surface area contributed by atoms with Crippen molar-refractivity contribution in [2.24, 2.45) is 0 Å². The molecule has 0 saturated heterocycles. The number of phenolic OH excluding ortho intramolecular Hbond substituents is 1. The van der Waals surface area contributed by atoms with Crippen molar-refractivity contribution < 1.29 is 9.90 Å². The maximum absolute atomic E-state index is 11.8. The van der Waals surface area contributed by atoms with E-state index in [2.05, 4.69) is 6.58 Å². The zero-order chi connectivity index (χ0) is 11.4. The van der Waals surface area contributed by atoms with Crippen molar-refractivity contribution in [1.29, 1.82) is 0 Å². The SMILES string of the molecule is C=CCN(C)C(=O)c1ccc(O)c(C)c1. The van der Waals surface area contributed by atoms with E-state index in [-0.39, 0.29) is 11.7 Å². The first-order valence-corrected chi connectivity index (χ1v) is 4.72. The maximum Gasteiger partial charge on any atom is 0.253 e. The first-order chi connectivity index (χ1) is 7.06. The summed E-state index contributed by atoms with van der Waals surface area (Å²) in [4.78, 5) is 13.4. The van der Waals surface area contributed by atoms with Crippen LogP contribution in [0.1, 0.15) is 15.9 Å². The summed E-state index contributed by atoms with van der Waals surface area (Å²) < 4.78 is 0. The second-order valence-electron chi connectivity index (χ2n) is 3.48. The lowest BCUT2D eigenvalue weighted by molar-refractivity contribution is 0.0810. The van der Waals surface area contributed by atoms with Gasteiger partial charge in [0.2, 0.25) is 0 Å². The molecule has 1 N–H and O–H groups in total. The lowest BCUT2D eigenvalue weighted by atomic mass is 10.1. The number of hydrogen-bond donors (Lipinski definition) is 1. The first kappa shape index (κ1) is 11.3. The number of phenols is 1. The molecule has 0 unspecified atom stereocenters. The van der Waals surface area contributed by atoms with Crippen molar-refractivity contribution in [3.63, 3.8) is 0 Å². The summed E-state index contributed by atoms with van der Waals surface area (Å²) in [6, 6.07) is 4.83. The Morgan fingerprint density at radius 2 is 2.27 bits per heavy atom. The summed E-state index contributed by atoms with van der Waals surface area (Å²) in [5.74, 6) is 0.135. The van der Waals surface area contributed by atoms with E-state index < -0.39 is 0 Å². The van der Waals surface area contributed by atoms with Gasteiger partial charge >= 0.3 is 0 Å². The normalized spacial score (nSPS) is 9.73. The quantitative estimate of drug-likeness (QED) is 0.766. The molecule has 80 valence electrons. The molecule has 0 bridgehead atoms. The molecule has 0 fully saturated rings. The van der Waals surface area contributed by atoms with E-state index in [1.165, 1.54) is 6.07 Å². The molecule has 0 aromatic heterocycles. The standard InChI is InChI=1S/C12H15NO2/c1-4-7-13(3)12(15)10-5-6-11(14)9(2)8-10/h4-6,8,14H,1,7H2,2-3H3. The van der Waals surface area contributed by atoms with Gasteiger partial charge in [0.1, 0.15) is 5.75 Å². The maximum atomic E-state index is 11.8. The van der Waals surface area contributed by atoms with Crippen molar-refractivity contribution in [3.05, 3.63) is 42.0 Å². The number of aromatic hydroxyl groups is 1. The van der Waals surface area contributed by atoms with Gasteiger partial charge in [-0.05, 0) is 30.7 Å². The van der Waals surface area contributed by atoms with E-state index in [9.17, 15) is 9.90 Å². The van der Waals surface area contributed by atoms with Crippen LogP contribution < -0.4 is 0 Å². The minimum Gasteiger partial charge on any atom is -0.508 e. The van der Waals surface area contributed by atoms with E-state index in [4.69, 9.17) is 0 Å². The third kappa shape index (κ3) is 2.59. The molecule has 0 aliphatic carbocycles. The molecule has 1 amide bonds. The highest BCUT2D eigenvalue weighted by molar-refractivity contribution is 5.94. The summed E-state index contributed by atoms with van der Waals surface area (Å²) in [6.07, 6.45) is 1.67. The highest BCUT2D eigenvalue weighted by Crippen LogP contribution is 2.17. The molecule has 1 aromatic carbocycles. The molecular formula is C12H15NO2. The lowest BCUT2D eigenvalue weighted by Gasteiger charge is -2.15. The molecule has 0 saturated carbocycles. The fraction of sp³-hybridized carbons (Fsp3) is 0.250. The minimum atomic E-state index is -0.0713. The number of hydrogen-bond acceptors (Lipinski definition) is 2. The fourth-order valence-corrected chi connectivity index (χ4v) is 1.29. The number of benzene rings is 1. The summed E-state index contributed by atoms with van der Waals surface area (Å²) in [7, 11) is 1.71. The highest BCUT2D eigenvalue weighted by atomic mass is 16.3. The molecule has 0 atom stereocenters. The molecule has 0 heterocycles. The van der Waals surface area contributed by atoms with Crippen LogP contribution in [0.5, 0.6) is 5.75 Å². The average Bonchev–Trinajstić information content (AvgIpc) is 2.21. The van der Waals surface area contributed by atoms with Gasteiger partial charge in [0.25, 0.3) is 5.91 Å². The van der Waals surface area contributed by atoms with Gasteiger partial charge in [-0.1, -0.05) is 6.08 Å². The fourth-order valence-electron chi connectivity index (χ4n) is 1.29. The van der Waals surface area contributed by atoms with Crippen LogP contribution in [0.25, 0.3) is 0 Å². The van der Waals surface area contributed by atoms with Crippen LogP contribution in [0.2, 0.25) is 0 Å². The number of nitrogens with zero attached hydrogens (tertiary/aromatic N) is 1. The lowest BCUT2D eigenvalue weighted by Crippen LogP contribution is -2.26. The van der Waals surface area contributed by atoms with Crippen LogP contribution in [0, 0.1) is 6.92 Å². The first-order valence-electron chi connectivity index (χ1n) is 4.72. The Morgan fingerprint density at radius 1 is 1.60 bits per heavy atom. The van der Waals surface area contributed by atoms with Crippen LogP contribution in [-0.4, -0.2) is 29.5 Å². The molecule has 15 heavy (non-hydrogen) atoms. The summed E-state index contributed by atoms with van der Waals surface area (Å²) in [5, 5.41) is 9.33. The molecule has 1 aromatic rings. The third-order valence-corrected chi connectivity index (χ3v) is 2.19. The number of aryl methyl sites for hydroxylation is 1. The third-order valence-electron chi connectivity index (χ3n) is 2.19. The van der Waals surface area contributed by atoms with Crippen molar-refractivity contribution in [1.82, 2.24) is 4.90 Å². The summed E-state index contributed by atoms with van der Waals surface area (Å²) in [5.41, 5.74) is 1.28. The number of amides is 1. The predicted molar refractivity (Wildman–Crippen MR) is 60.0 cm³/mol. The van der Waals surface area contributed by atoms with Crippen molar-refractivity contribution >= 4 is 5.91 Å². The van der Waals surface area contributed by atoms with Crippen LogP contribution in [-0.2, 0) is 0 Å². The Labute approximate surface area is 89.6 Å². The largest absolute Gasteiger partial charge is 0.508 e. The van der Waals surface area contributed by atoms with Gasteiger partial charge in [-0.2, -0.15) is 0 Å². The van der Waals surface area contributed by atoms with Crippen LogP contribution in [0.3, 0.4) is 0 Å². The van der Waals surface area contributed by atoms with Gasteiger partial charge in [0, 0.05) is 19.2 Å². The summed E-state index contributed by atoms with van der Waals surface area (Å²) in [6.45, 7) is 5.85. The Morgan fingerprint density at radius 3 is 2.80 bits per heavy atom. The van der Waals surface area contributed by atoms with Crippen LogP contribution in [0.15, 0.2) is 30.9 Å². The number of likely N-dealkylation sites (N-methyl/N-ethyl adjacent to an activating group) is 1. The van der Waals surface area contributed by atoms with E-state index in [1.807, 2.05) is 0 Å². The summed E-state index contributed by atoms with van der Waals surface area (Å²) >= 11 is 0. The van der Waals surface area contributed by atoms with E-state index in [0.29, 0.717) is 17.7 Å². The number of rotatable bonds is 3. The molecule has 0 aliphatic heterocycles. The Balaban J connectivity index is 2.91. The molecular weight excluding hydrogens is 190 g/mol. The highest BCUT2D eigenvalue weighted by Gasteiger charge is 2.10. The smallest absolute Gasteiger partial charge is 0.253 e. The second-order valence-corrected chi connectivity index (χ2v) is 3.48. The number of carbonyl (C=O) groups is 1. The van der Waals surface area contributed by atoms with Gasteiger partial charge in [-0.3, -0.25) is 4.79 Å². The minimum absolute atomic E-state index is 0.0713. The Kier molecular flexibility index (Phi) is 3.50. The predicted octanol–water partition coefficient (Wildman–Crippen LogP) is 1.96. The topological polar surface area (TPSA) is 40.5 Å². The number of carbonyl (C=O) groups excluding carboxylic acids is 1. The molecule has 0 aliphatic rings.